The van der Waals surface area contributed by atoms with Crippen molar-refractivity contribution in [3.63, 3.8) is 0 Å². The summed E-state index contributed by atoms with van der Waals surface area (Å²) in [6.45, 7) is 4.80. The number of unbranched alkanes of at least 4 members (excludes halogenated alkanes) is 31. The molecule has 3 N–H and O–H groups in total. The average Bonchev–Trinajstić information content (AvgIpc) is 3.26. The Bertz CT molecular complexity index is 1200. The molecule has 8 nitrogen and oxygen atoms in total. The van der Waals surface area contributed by atoms with Crippen molar-refractivity contribution >= 4 is 13.7 Å². The second-order valence-electron chi connectivity index (χ2n) is 19.9. The number of quaternary nitrogens is 1. The highest BCUT2D eigenvalue weighted by atomic mass is 31.2. The molecule has 382 valence electrons. The predicted octanol–water partition coefficient (Wildman–Crippen LogP) is 16.4. The highest BCUT2D eigenvalue weighted by molar-refractivity contribution is 7.47. The molecule has 0 bridgehead atoms. The summed E-state index contributed by atoms with van der Waals surface area (Å²) in [5, 5.41) is 13.9. The lowest BCUT2D eigenvalue weighted by Gasteiger charge is -2.25. The first kappa shape index (κ1) is 63.5. The molecule has 0 aliphatic carbocycles. The van der Waals surface area contributed by atoms with Crippen molar-refractivity contribution in [1.82, 2.24) is 5.32 Å². The summed E-state index contributed by atoms with van der Waals surface area (Å²) in [5.74, 6) is -0.186. The summed E-state index contributed by atoms with van der Waals surface area (Å²) in [5.41, 5.74) is 0. The molecular formula is C56H108N2O6P+. The smallest absolute Gasteiger partial charge is 0.387 e. The van der Waals surface area contributed by atoms with Crippen LogP contribution < -0.4 is 5.32 Å². The standard InChI is InChI=1S/C56H107N2O6P/c1-6-8-10-12-14-16-18-20-22-24-25-26-27-28-29-30-31-32-33-34-36-38-40-42-44-46-48-50-56(60)57-54(53-64-65(61,62)63-52-51-58(3,4)5)55(59)49-47-45-43-41-39-37-35-23-21-19-17-15-13-11-9-7-2/h18,20,24-25,39,41,47,49,54-55,59H,6-17,19,21-23,26-38,40,42-46,48,50-53H2,1-5H3,(H-,57,60,61,62)/p+1/b20-18-,25-24-,41-39+,49-47+. The second-order valence-corrected chi connectivity index (χ2v) is 21.4. The zero-order valence-corrected chi connectivity index (χ0v) is 44.4. The molecule has 3 unspecified atom stereocenters. The van der Waals surface area contributed by atoms with Gasteiger partial charge in [0.05, 0.1) is 39.9 Å². The van der Waals surface area contributed by atoms with Crippen LogP contribution in [0.2, 0.25) is 0 Å². The highest BCUT2D eigenvalue weighted by Crippen LogP contribution is 2.43. The molecule has 0 saturated heterocycles. The van der Waals surface area contributed by atoms with Gasteiger partial charge in [0.2, 0.25) is 5.91 Å². The maximum atomic E-state index is 13.0. The van der Waals surface area contributed by atoms with E-state index in [-0.39, 0.29) is 19.1 Å². The number of likely N-dealkylation sites (N-methyl/N-ethyl adjacent to an activating group) is 1. The Balaban J connectivity index is 4.20. The van der Waals surface area contributed by atoms with Crippen LogP contribution in [0.3, 0.4) is 0 Å². The fourth-order valence-electron chi connectivity index (χ4n) is 7.91. The van der Waals surface area contributed by atoms with Crippen LogP contribution in [-0.2, 0) is 18.4 Å². The molecule has 0 aliphatic heterocycles. The van der Waals surface area contributed by atoms with Crippen molar-refractivity contribution in [3.05, 3.63) is 48.6 Å². The Labute approximate surface area is 403 Å². The van der Waals surface area contributed by atoms with E-state index in [1.54, 1.807) is 6.08 Å². The molecule has 0 aromatic heterocycles. The van der Waals surface area contributed by atoms with Crippen molar-refractivity contribution in [2.75, 3.05) is 40.9 Å². The van der Waals surface area contributed by atoms with E-state index in [9.17, 15) is 19.4 Å². The number of allylic oxidation sites excluding steroid dienone is 7. The van der Waals surface area contributed by atoms with Gasteiger partial charge in [-0.1, -0.05) is 229 Å². The van der Waals surface area contributed by atoms with E-state index in [1.807, 2.05) is 27.2 Å². The lowest BCUT2D eigenvalue weighted by molar-refractivity contribution is -0.870. The maximum absolute atomic E-state index is 13.0. The number of aliphatic hydroxyl groups is 1. The van der Waals surface area contributed by atoms with Gasteiger partial charge >= 0.3 is 7.82 Å². The molecule has 3 atom stereocenters. The van der Waals surface area contributed by atoms with E-state index in [2.05, 4.69) is 55.6 Å². The van der Waals surface area contributed by atoms with E-state index < -0.39 is 20.0 Å². The van der Waals surface area contributed by atoms with E-state index in [4.69, 9.17) is 9.05 Å². The van der Waals surface area contributed by atoms with Crippen LogP contribution in [0.5, 0.6) is 0 Å². The minimum absolute atomic E-state index is 0.0561. The first-order chi connectivity index (χ1) is 31.5. The molecule has 0 aromatic carbocycles. The third-order valence-corrected chi connectivity index (χ3v) is 13.3. The van der Waals surface area contributed by atoms with Gasteiger partial charge < -0.3 is 19.8 Å². The summed E-state index contributed by atoms with van der Waals surface area (Å²) >= 11 is 0. The number of hydrogen-bond acceptors (Lipinski definition) is 5. The average molecular weight is 936 g/mol. The molecule has 0 fully saturated rings. The summed E-state index contributed by atoms with van der Waals surface area (Å²) in [6.07, 6.45) is 62.1. The Hall–Kier alpha value is -1.54. The fraction of sp³-hybridized carbons (Fsp3) is 0.839. The molecule has 0 aliphatic rings. The van der Waals surface area contributed by atoms with Crippen molar-refractivity contribution in [2.45, 2.75) is 264 Å². The number of rotatable bonds is 50. The first-order valence-electron chi connectivity index (χ1n) is 27.5. The maximum Gasteiger partial charge on any atom is 0.472 e. The summed E-state index contributed by atoms with van der Waals surface area (Å²) in [6, 6.07) is -0.863. The van der Waals surface area contributed by atoms with Crippen LogP contribution in [0.15, 0.2) is 48.6 Å². The molecule has 0 radical (unpaired) electrons. The Morgan fingerprint density at radius 2 is 0.892 bits per heavy atom. The minimum atomic E-state index is -4.35. The number of carbonyl (C=O) groups is 1. The molecule has 0 saturated carbocycles. The van der Waals surface area contributed by atoms with Crippen molar-refractivity contribution < 1.29 is 32.9 Å². The van der Waals surface area contributed by atoms with Crippen LogP contribution in [0, 0.1) is 0 Å². The first-order valence-corrected chi connectivity index (χ1v) is 29.0. The minimum Gasteiger partial charge on any atom is -0.387 e. The van der Waals surface area contributed by atoms with E-state index >= 15 is 0 Å². The zero-order valence-electron chi connectivity index (χ0n) is 43.5. The van der Waals surface area contributed by atoms with Crippen LogP contribution in [0.1, 0.15) is 251 Å². The Morgan fingerprint density at radius 3 is 1.32 bits per heavy atom. The van der Waals surface area contributed by atoms with Gasteiger partial charge in [-0.3, -0.25) is 13.8 Å². The second kappa shape index (κ2) is 47.5. The predicted molar refractivity (Wildman–Crippen MR) is 281 cm³/mol. The fourth-order valence-corrected chi connectivity index (χ4v) is 8.65. The molecule has 65 heavy (non-hydrogen) atoms. The largest absolute Gasteiger partial charge is 0.472 e. The lowest BCUT2D eigenvalue weighted by atomic mass is 10.0. The summed E-state index contributed by atoms with van der Waals surface area (Å²) in [7, 11) is 1.56. The number of phosphoric ester groups is 1. The molecule has 0 heterocycles. The number of aliphatic hydroxyl groups excluding tert-OH is 1. The van der Waals surface area contributed by atoms with Gasteiger partial charge in [0, 0.05) is 6.42 Å². The quantitative estimate of drug-likeness (QED) is 0.0243. The number of phosphoric acid groups is 1. The molecule has 0 spiro atoms. The van der Waals surface area contributed by atoms with Crippen LogP contribution in [0.4, 0.5) is 0 Å². The van der Waals surface area contributed by atoms with Crippen LogP contribution >= 0.6 is 7.82 Å². The normalized spacial score (nSPS) is 14.4. The third-order valence-electron chi connectivity index (χ3n) is 12.3. The van der Waals surface area contributed by atoms with Gasteiger partial charge in [0.1, 0.15) is 13.2 Å². The highest BCUT2D eigenvalue weighted by Gasteiger charge is 2.27. The van der Waals surface area contributed by atoms with E-state index in [1.165, 1.54) is 186 Å². The number of nitrogens with zero attached hydrogens (tertiary/aromatic N) is 1. The van der Waals surface area contributed by atoms with Gasteiger partial charge in [0.15, 0.2) is 0 Å². The van der Waals surface area contributed by atoms with Gasteiger partial charge in [-0.05, 0) is 64.2 Å². The Morgan fingerprint density at radius 1 is 0.523 bits per heavy atom. The molecule has 1 amide bonds. The monoisotopic (exact) mass is 936 g/mol. The van der Waals surface area contributed by atoms with Crippen molar-refractivity contribution in [1.29, 1.82) is 0 Å². The SMILES string of the molecule is CCCCCCC/C=C\C/C=C\CCCCCCCCCCCCCCCCCC(=O)NC(COP(=O)(O)OCC[N+](C)(C)C)C(O)/C=C/CC/C=C/CCCCCCCCCCCC. The summed E-state index contributed by atoms with van der Waals surface area (Å²) in [4.78, 5) is 23.2. The van der Waals surface area contributed by atoms with Gasteiger partial charge in [-0.2, -0.15) is 0 Å². The van der Waals surface area contributed by atoms with E-state index in [0.717, 1.165) is 44.9 Å². The van der Waals surface area contributed by atoms with Crippen LogP contribution in [-0.4, -0.2) is 73.4 Å². The number of hydrogen-bond donors (Lipinski definition) is 3. The number of nitrogens with one attached hydrogen (secondary N) is 1. The zero-order chi connectivity index (χ0) is 47.8. The van der Waals surface area contributed by atoms with Gasteiger partial charge in [-0.15, -0.1) is 0 Å². The lowest BCUT2D eigenvalue weighted by Crippen LogP contribution is -2.45. The number of amides is 1. The topological polar surface area (TPSA) is 105 Å². The van der Waals surface area contributed by atoms with Crippen LogP contribution in [0.25, 0.3) is 0 Å². The van der Waals surface area contributed by atoms with Crippen molar-refractivity contribution in [2.24, 2.45) is 0 Å². The van der Waals surface area contributed by atoms with E-state index in [0.29, 0.717) is 17.4 Å². The molecular weight excluding hydrogens is 828 g/mol. The summed E-state index contributed by atoms with van der Waals surface area (Å²) < 4.78 is 23.6. The Kier molecular flexibility index (Phi) is 46.4. The molecule has 9 heteroatoms. The van der Waals surface area contributed by atoms with Crippen molar-refractivity contribution in [3.8, 4) is 0 Å². The van der Waals surface area contributed by atoms with Gasteiger partial charge in [-0.25, -0.2) is 4.57 Å². The van der Waals surface area contributed by atoms with Gasteiger partial charge in [0.25, 0.3) is 0 Å². The third kappa shape index (κ3) is 50.2. The number of carbonyl (C=O) groups excluding carboxylic acids is 1. The molecule has 0 rings (SSSR count). The molecule has 0 aromatic rings.